The van der Waals surface area contributed by atoms with Crippen molar-refractivity contribution in [1.29, 1.82) is 0 Å². The molecular weight excluding hydrogens is 292 g/mol. The number of allylic oxidation sites excluding steroid dienone is 6. The highest BCUT2D eigenvalue weighted by Gasteiger charge is 2.52. The van der Waals surface area contributed by atoms with Crippen LogP contribution in [0.3, 0.4) is 0 Å². The molecule has 0 bridgehead atoms. The Morgan fingerprint density at radius 3 is 2.46 bits per heavy atom. The van der Waals surface area contributed by atoms with Crippen molar-refractivity contribution in [2.24, 2.45) is 5.92 Å². The Balaban J connectivity index is 2.16. The van der Waals surface area contributed by atoms with Gasteiger partial charge in [0, 0.05) is 24.9 Å². The van der Waals surface area contributed by atoms with Crippen LogP contribution >= 0.6 is 0 Å². The first kappa shape index (κ1) is 16.9. The van der Waals surface area contributed by atoms with Gasteiger partial charge < -0.3 is 9.80 Å². The van der Waals surface area contributed by atoms with Crippen LogP contribution < -0.4 is 0 Å². The van der Waals surface area contributed by atoms with Gasteiger partial charge in [-0.05, 0) is 43.3 Å². The number of hydrogen-bond donors (Lipinski definition) is 0. The van der Waals surface area contributed by atoms with Gasteiger partial charge in [0.05, 0.1) is 16.9 Å². The summed E-state index contributed by atoms with van der Waals surface area (Å²) in [5, 5.41) is 0. The van der Waals surface area contributed by atoms with Gasteiger partial charge in [0.1, 0.15) is 0 Å². The van der Waals surface area contributed by atoms with E-state index >= 15 is 0 Å². The minimum atomic E-state index is 0.270. The molecule has 24 heavy (non-hydrogen) atoms. The summed E-state index contributed by atoms with van der Waals surface area (Å²) in [6.07, 6.45) is 12.1. The van der Waals surface area contributed by atoms with E-state index in [0.717, 1.165) is 42.1 Å². The Hall–Kier alpha value is -1.96. The molecule has 2 nitrogen and oxygen atoms in total. The molecular formula is C22H30N2. The topological polar surface area (TPSA) is 6.48 Å². The summed E-state index contributed by atoms with van der Waals surface area (Å²) < 4.78 is 0. The van der Waals surface area contributed by atoms with Gasteiger partial charge in [-0.2, -0.15) is 0 Å². The van der Waals surface area contributed by atoms with Crippen LogP contribution in [0.25, 0.3) is 0 Å². The summed E-state index contributed by atoms with van der Waals surface area (Å²) >= 11 is 0. The summed E-state index contributed by atoms with van der Waals surface area (Å²) in [6, 6.07) is 0. The molecule has 128 valence electrons. The van der Waals surface area contributed by atoms with Crippen molar-refractivity contribution >= 4 is 0 Å². The van der Waals surface area contributed by atoms with Crippen molar-refractivity contribution in [2.75, 3.05) is 13.1 Å². The highest BCUT2D eigenvalue weighted by molar-refractivity contribution is 5.62. The zero-order valence-electron chi connectivity index (χ0n) is 15.4. The van der Waals surface area contributed by atoms with Crippen LogP contribution in [0.5, 0.6) is 0 Å². The van der Waals surface area contributed by atoms with Gasteiger partial charge in [-0.15, -0.1) is 0 Å². The second-order valence-corrected chi connectivity index (χ2v) is 7.34. The van der Waals surface area contributed by atoms with Crippen molar-refractivity contribution in [2.45, 2.75) is 45.6 Å². The number of likely N-dealkylation sites (N-methyl/N-ethyl adjacent to an activating group) is 1. The monoisotopic (exact) mass is 322 g/mol. The van der Waals surface area contributed by atoms with E-state index in [1.807, 2.05) is 12.2 Å². The van der Waals surface area contributed by atoms with E-state index in [0.29, 0.717) is 0 Å². The predicted molar refractivity (Wildman–Crippen MR) is 103 cm³/mol. The summed E-state index contributed by atoms with van der Waals surface area (Å²) in [4.78, 5) is 5.08. The Morgan fingerprint density at radius 1 is 1.25 bits per heavy atom. The van der Waals surface area contributed by atoms with Gasteiger partial charge in [-0.25, -0.2) is 0 Å². The van der Waals surface area contributed by atoms with Crippen LogP contribution in [-0.2, 0) is 0 Å². The normalized spacial score (nSPS) is 31.1. The molecule has 2 fully saturated rings. The Labute approximate surface area is 147 Å². The van der Waals surface area contributed by atoms with E-state index in [4.69, 9.17) is 0 Å². The van der Waals surface area contributed by atoms with E-state index in [2.05, 4.69) is 62.6 Å². The summed E-state index contributed by atoms with van der Waals surface area (Å²) in [5.41, 5.74) is 6.18. The molecule has 2 aliphatic heterocycles. The first-order valence-electron chi connectivity index (χ1n) is 9.16. The van der Waals surface area contributed by atoms with Crippen molar-refractivity contribution in [3.63, 3.8) is 0 Å². The predicted octanol–water partition coefficient (Wildman–Crippen LogP) is 5.17. The maximum Gasteiger partial charge on any atom is 0.0721 e. The van der Waals surface area contributed by atoms with Crippen LogP contribution in [0.15, 0.2) is 72.3 Å². The van der Waals surface area contributed by atoms with Gasteiger partial charge in [-0.1, -0.05) is 51.8 Å². The average Bonchev–Trinajstić information content (AvgIpc) is 2.54. The van der Waals surface area contributed by atoms with Gasteiger partial charge in [0.25, 0.3) is 0 Å². The molecule has 1 saturated heterocycles. The molecule has 1 spiro atoms. The van der Waals surface area contributed by atoms with E-state index in [1.165, 1.54) is 24.2 Å². The van der Waals surface area contributed by atoms with Crippen molar-refractivity contribution < 1.29 is 0 Å². The zero-order valence-corrected chi connectivity index (χ0v) is 15.4. The second kappa shape index (κ2) is 6.16. The summed E-state index contributed by atoms with van der Waals surface area (Å²) in [6.45, 7) is 21.3. The first-order chi connectivity index (χ1) is 11.5. The first-order valence-corrected chi connectivity index (χ1v) is 9.16. The summed E-state index contributed by atoms with van der Waals surface area (Å²) in [5.74, 6) is 0.814. The lowest BCUT2D eigenvalue weighted by molar-refractivity contribution is -0.0259. The second-order valence-electron chi connectivity index (χ2n) is 7.34. The minimum Gasteiger partial charge on any atom is -0.363 e. The number of hydrogen-bond acceptors (Lipinski definition) is 2. The molecule has 0 amide bonds. The molecule has 1 saturated carbocycles. The van der Waals surface area contributed by atoms with Crippen LogP contribution in [-0.4, -0.2) is 28.4 Å². The van der Waals surface area contributed by atoms with Crippen LogP contribution in [0, 0.1) is 5.92 Å². The Morgan fingerprint density at radius 2 is 1.96 bits per heavy atom. The molecule has 0 unspecified atom stereocenters. The molecule has 0 aromatic rings. The van der Waals surface area contributed by atoms with Crippen molar-refractivity contribution in [3.8, 4) is 0 Å². The van der Waals surface area contributed by atoms with Crippen molar-refractivity contribution in [3.05, 3.63) is 72.3 Å². The van der Waals surface area contributed by atoms with E-state index in [-0.39, 0.29) is 5.54 Å². The Bertz CT molecular complexity index is 668. The number of nitrogens with zero attached hydrogens (tertiary/aromatic N) is 2. The van der Waals surface area contributed by atoms with Gasteiger partial charge in [0.2, 0.25) is 0 Å². The third kappa shape index (κ3) is 2.31. The van der Waals surface area contributed by atoms with E-state index < -0.39 is 0 Å². The third-order valence-corrected chi connectivity index (χ3v) is 5.68. The zero-order chi connectivity index (χ0) is 17.5. The van der Waals surface area contributed by atoms with Gasteiger partial charge in [-0.3, -0.25) is 0 Å². The lowest BCUT2D eigenvalue weighted by atomic mass is 9.66. The standard InChI is InChI=1S/C22H30N2/c1-7-11-20-21-19(9-3)17(6)18(8-2)14-23(21)15-22(24(20)10-4)12-16(5)13-22/h8-9,11,14,16H,2-3,6-7,10,12-13,15H2,1,4-5H3. The minimum absolute atomic E-state index is 0.270. The fourth-order valence-electron chi connectivity index (χ4n) is 4.85. The van der Waals surface area contributed by atoms with Gasteiger partial charge in [0.15, 0.2) is 0 Å². The lowest BCUT2D eigenvalue weighted by Crippen LogP contribution is -2.65. The molecule has 2 heteroatoms. The highest BCUT2D eigenvalue weighted by Crippen LogP contribution is 2.51. The fourth-order valence-corrected chi connectivity index (χ4v) is 4.85. The maximum atomic E-state index is 4.30. The third-order valence-electron chi connectivity index (χ3n) is 5.68. The number of fused-ring (bicyclic) bond motifs is 1. The maximum absolute atomic E-state index is 4.30. The Kier molecular flexibility index (Phi) is 4.33. The molecule has 2 heterocycles. The molecule has 0 N–H and O–H groups in total. The number of rotatable bonds is 4. The average molecular weight is 322 g/mol. The largest absolute Gasteiger partial charge is 0.363 e. The SMILES string of the molecule is C=CC1=CN2CC3(CC(C)C3)N(CC)C(=CCC)C2=C(C=C)C1=C. The van der Waals surface area contributed by atoms with Crippen LogP contribution in [0.4, 0.5) is 0 Å². The molecule has 3 aliphatic rings. The molecule has 0 radical (unpaired) electrons. The lowest BCUT2D eigenvalue weighted by Gasteiger charge is -2.61. The van der Waals surface area contributed by atoms with Crippen molar-refractivity contribution in [1.82, 2.24) is 9.80 Å². The van der Waals surface area contributed by atoms with Crippen LogP contribution in [0.2, 0.25) is 0 Å². The highest BCUT2D eigenvalue weighted by atomic mass is 15.3. The molecule has 0 aromatic carbocycles. The van der Waals surface area contributed by atoms with Gasteiger partial charge >= 0.3 is 0 Å². The molecule has 0 atom stereocenters. The molecule has 1 aliphatic carbocycles. The number of piperazine rings is 1. The summed E-state index contributed by atoms with van der Waals surface area (Å²) in [7, 11) is 0. The smallest absolute Gasteiger partial charge is 0.0721 e. The molecule has 3 rings (SSSR count). The van der Waals surface area contributed by atoms with E-state index in [1.54, 1.807) is 0 Å². The van der Waals surface area contributed by atoms with E-state index in [9.17, 15) is 0 Å². The van der Waals surface area contributed by atoms with Crippen LogP contribution in [0.1, 0.15) is 40.0 Å². The quantitative estimate of drug-likeness (QED) is 0.705. The molecule has 0 aromatic heterocycles. The fraction of sp³-hybridized carbons (Fsp3) is 0.455.